The molecule has 22 heavy (non-hydrogen) atoms. The summed E-state index contributed by atoms with van der Waals surface area (Å²) in [5.41, 5.74) is -3.14. The number of ether oxygens (including phenoxy) is 2. The summed E-state index contributed by atoms with van der Waals surface area (Å²) in [7, 11) is 0. The van der Waals surface area contributed by atoms with E-state index in [9.17, 15) is 19.8 Å². The van der Waals surface area contributed by atoms with Gasteiger partial charge in [0.1, 0.15) is 22.9 Å². The summed E-state index contributed by atoms with van der Waals surface area (Å²) < 4.78 is 10.5. The van der Waals surface area contributed by atoms with Gasteiger partial charge in [-0.05, 0) is 48.5 Å². The van der Waals surface area contributed by atoms with Crippen molar-refractivity contribution in [2.75, 3.05) is 6.54 Å². The Kier molecular flexibility index (Phi) is 4.85. The Hall–Kier alpha value is -1.34. The van der Waals surface area contributed by atoms with Gasteiger partial charge in [-0.25, -0.2) is 9.59 Å². The molecule has 1 heterocycles. The van der Waals surface area contributed by atoms with E-state index in [0.717, 1.165) is 4.90 Å². The van der Waals surface area contributed by atoms with E-state index in [-0.39, 0.29) is 6.54 Å². The third-order valence-electron chi connectivity index (χ3n) is 3.04. The highest BCUT2D eigenvalue weighted by Gasteiger charge is 2.55. The molecule has 1 rings (SSSR count). The van der Waals surface area contributed by atoms with Crippen molar-refractivity contribution in [3.8, 4) is 0 Å². The van der Waals surface area contributed by atoms with Crippen LogP contribution in [0.15, 0.2) is 0 Å². The van der Waals surface area contributed by atoms with Gasteiger partial charge in [0.2, 0.25) is 0 Å². The molecule has 0 saturated carbocycles. The van der Waals surface area contributed by atoms with Gasteiger partial charge >= 0.3 is 12.1 Å². The molecule has 1 aliphatic heterocycles. The van der Waals surface area contributed by atoms with Gasteiger partial charge in [0.05, 0.1) is 6.54 Å². The zero-order chi connectivity index (χ0) is 17.5. The summed E-state index contributed by atoms with van der Waals surface area (Å²) in [6.07, 6.45) is -2.23. The molecular weight excluding hydrogens is 290 g/mol. The maximum atomic E-state index is 12.3. The fraction of sp³-hybridized carbons (Fsp3) is 0.867. The number of amides is 1. The van der Waals surface area contributed by atoms with Gasteiger partial charge in [0.15, 0.2) is 6.04 Å². The molecule has 0 aromatic rings. The Morgan fingerprint density at radius 1 is 1.09 bits per heavy atom. The molecule has 7 heteroatoms. The van der Waals surface area contributed by atoms with Crippen LogP contribution in [0.3, 0.4) is 0 Å². The quantitative estimate of drug-likeness (QED) is 0.702. The molecule has 7 nitrogen and oxygen atoms in total. The molecule has 0 aromatic heterocycles. The van der Waals surface area contributed by atoms with Gasteiger partial charge in [0.25, 0.3) is 0 Å². The minimum Gasteiger partial charge on any atom is -0.458 e. The number of hydrogen-bond acceptors (Lipinski definition) is 6. The van der Waals surface area contributed by atoms with Crippen molar-refractivity contribution in [1.82, 2.24) is 4.90 Å². The summed E-state index contributed by atoms with van der Waals surface area (Å²) >= 11 is 0. The van der Waals surface area contributed by atoms with Crippen LogP contribution in [0, 0.1) is 0 Å². The summed E-state index contributed by atoms with van der Waals surface area (Å²) in [6, 6.07) is -1.30. The minimum atomic E-state index is -1.61. The molecular formula is C15H27NO6. The molecule has 1 saturated heterocycles. The van der Waals surface area contributed by atoms with Crippen molar-refractivity contribution in [1.29, 1.82) is 0 Å². The number of aliphatic hydroxyl groups excluding tert-OH is 1. The lowest BCUT2D eigenvalue weighted by Crippen LogP contribution is -2.50. The highest BCUT2D eigenvalue weighted by Crippen LogP contribution is 2.30. The normalized spacial score (nSPS) is 29.4. The molecule has 0 aromatic carbocycles. The zero-order valence-corrected chi connectivity index (χ0v) is 14.3. The monoisotopic (exact) mass is 317 g/mol. The summed E-state index contributed by atoms with van der Waals surface area (Å²) in [5.74, 6) is -0.774. The van der Waals surface area contributed by atoms with Crippen molar-refractivity contribution in [2.45, 2.75) is 77.4 Å². The van der Waals surface area contributed by atoms with Crippen LogP contribution in [0.25, 0.3) is 0 Å². The molecule has 0 bridgehead atoms. The number of hydrogen-bond donors (Lipinski definition) is 2. The van der Waals surface area contributed by atoms with E-state index >= 15 is 0 Å². The smallest absolute Gasteiger partial charge is 0.411 e. The van der Waals surface area contributed by atoms with Gasteiger partial charge in [-0.2, -0.15) is 0 Å². The highest BCUT2D eigenvalue weighted by atomic mass is 16.6. The Labute approximate surface area is 131 Å². The predicted octanol–water partition coefficient (Wildman–Crippen LogP) is 1.06. The highest BCUT2D eigenvalue weighted by molar-refractivity contribution is 5.83. The van der Waals surface area contributed by atoms with Crippen LogP contribution in [-0.2, 0) is 14.3 Å². The first-order valence-electron chi connectivity index (χ1n) is 7.27. The second-order valence-electron chi connectivity index (χ2n) is 7.89. The van der Waals surface area contributed by atoms with Crippen LogP contribution < -0.4 is 0 Å². The number of esters is 1. The fourth-order valence-corrected chi connectivity index (χ4v) is 2.16. The molecule has 2 N–H and O–H groups in total. The van der Waals surface area contributed by atoms with Crippen LogP contribution in [0.5, 0.6) is 0 Å². The molecule has 1 amide bonds. The second-order valence-corrected chi connectivity index (χ2v) is 7.89. The third kappa shape index (κ3) is 4.58. The number of carbonyl (C=O) groups excluding carboxylic acids is 2. The lowest BCUT2D eigenvalue weighted by molar-refractivity contribution is -0.164. The van der Waals surface area contributed by atoms with E-state index < -0.39 is 41.0 Å². The van der Waals surface area contributed by atoms with E-state index in [1.807, 2.05) is 0 Å². The minimum absolute atomic E-state index is 0.215. The van der Waals surface area contributed by atoms with Crippen molar-refractivity contribution in [3.63, 3.8) is 0 Å². The van der Waals surface area contributed by atoms with Crippen molar-refractivity contribution in [2.24, 2.45) is 0 Å². The van der Waals surface area contributed by atoms with E-state index in [2.05, 4.69) is 0 Å². The maximum Gasteiger partial charge on any atom is 0.411 e. The van der Waals surface area contributed by atoms with Crippen LogP contribution >= 0.6 is 0 Å². The first-order chi connectivity index (χ1) is 9.64. The standard InChI is InChI=1S/C15H27NO6/c1-13(2,3)21-11(18)9-10(17)15(7,20)8-16(9)12(19)22-14(4,5)6/h9-10,17,20H,8H2,1-7H3/t9-,10+,15-/m0/s1. The van der Waals surface area contributed by atoms with E-state index in [4.69, 9.17) is 9.47 Å². The second kappa shape index (κ2) is 5.70. The fourth-order valence-electron chi connectivity index (χ4n) is 2.16. The number of likely N-dealkylation sites (tertiary alicyclic amines) is 1. The molecule has 0 spiro atoms. The van der Waals surface area contributed by atoms with Crippen LogP contribution in [0.4, 0.5) is 4.79 Å². The van der Waals surface area contributed by atoms with Gasteiger partial charge in [-0.1, -0.05) is 0 Å². The Morgan fingerprint density at radius 3 is 1.95 bits per heavy atom. The van der Waals surface area contributed by atoms with E-state index in [1.54, 1.807) is 41.5 Å². The van der Waals surface area contributed by atoms with Crippen molar-refractivity contribution < 1.29 is 29.3 Å². The Morgan fingerprint density at radius 2 is 1.55 bits per heavy atom. The average Bonchev–Trinajstić information content (AvgIpc) is 2.45. The third-order valence-corrected chi connectivity index (χ3v) is 3.04. The van der Waals surface area contributed by atoms with Crippen LogP contribution in [0.1, 0.15) is 48.5 Å². The molecule has 3 atom stereocenters. The molecule has 0 radical (unpaired) electrons. The lowest BCUT2D eigenvalue weighted by atomic mass is 9.99. The van der Waals surface area contributed by atoms with E-state index in [0.29, 0.717) is 0 Å². The molecule has 1 aliphatic rings. The number of nitrogens with zero attached hydrogens (tertiary/aromatic N) is 1. The average molecular weight is 317 g/mol. The number of rotatable bonds is 1. The predicted molar refractivity (Wildman–Crippen MR) is 79.2 cm³/mol. The first kappa shape index (κ1) is 18.7. The molecule has 0 aliphatic carbocycles. The van der Waals surface area contributed by atoms with Gasteiger partial charge in [-0.15, -0.1) is 0 Å². The first-order valence-corrected chi connectivity index (χ1v) is 7.27. The number of aliphatic hydroxyl groups is 2. The van der Waals surface area contributed by atoms with Crippen LogP contribution in [0.2, 0.25) is 0 Å². The molecule has 128 valence electrons. The Bertz CT molecular complexity index is 446. The van der Waals surface area contributed by atoms with Crippen molar-refractivity contribution in [3.05, 3.63) is 0 Å². The number of carbonyl (C=O) groups is 2. The summed E-state index contributed by atoms with van der Waals surface area (Å²) in [5, 5.41) is 20.4. The summed E-state index contributed by atoms with van der Waals surface area (Å²) in [6.45, 7) is 11.3. The topological polar surface area (TPSA) is 96.3 Å². The molecule has 0 unspecified atom stereocenters. The lowest BCUT2D eigenvalue weighted by Gasteiger charge is -2.30. The SMILES string of the molecule is CC(C)(C)OC(=O)[C@@H]1[C@@H](O)[C@@](C)(O)CN1C(=O)OC(C)(C)C. The van der Waals surface area contributed by atoms with Crippen LogP contribution in [-0.4, -0.2) is 62.7 Å². The van der Waals surface area contributed by atoms with Crippen molar-refractivity contribution >= 4 is 12.1 Å². The zero-order valence-electron chi connectivity index (χ0n) is 14.3. The largest absolute Gasteiger partial charge is 0.458 e. The van der Waals surface area contributed by atoms with E-state index in [1.165, 1.54) is 6.92 Å². The Balaban J connectivity index is 3.03. The maximum absolute atomic E-state index is 12.3. The van der Waals surface area contributed by atoms with Gasteiger partial charge in [-0.3, -0.25) is 4.90 Å². The van der Waals surface area contributed by atoms with Gasteiger partial charge < -0.3 is 19.7 Å². The molecule has 1 fully saturated rings. The van der Waals surface area contributed by atoms with Gasteiger partial charge in [0, 0.05) is 0 Å². The summed E-state index contributed by atoms with van der Waals surface area (Å²) in [4.78, 5) is 25.6. The number of β-amino-alcohol motifs (C(OH)–C–C–N with tert-alkyl or cyclic N) is 1.